The minimum absolute atomic E-state index is 0.0439. The van der Waals surface area contributed by atoms with Crippen LogP contribution >= 0.6 is 0 Å². The zero-order valence-corrected chi connectivity index (χ0v) is 18.0. The number of hydrogen-bond donors (Lipinski definition) is 1. The van der Waals surface area contributed by atoms with Gasteiger partial charge in [-0.2, -0.15) is 5.10 Å². The number of aryl methyl sites for hydroxylation is 1. The van der Waals surface area contributed by atoms with E-state index in [-0.39, 0.29) is 30.4 Å². The van der Waals surface area contributed by atoms with Gasteiger partial charge in [0.25, 0.3) is 0 Å². The number of amides is 2. The van der Waals surface area contributed by atoms with Gasteiger partial charge >= 0.3 is 0 Å². The van der Waals surface area contributed by atoms with Crippen molar-refractivity contribution in [3.63, 3.8) is 0 Å². The van der Waals surface area contributed by atoms with E-state index < -0.39 is 11.6 Å². The van der Waals surface area contributed by atoms with Gasteiger partial charge in [0.05, 0.1) is 24.2 Å². The molecule has 0 bridgehead atoms. The highest BCUT2D eigenvalue weighted by Crippen LogP contribution is 2.39. The maximum Gasteiger partial charge on any atom is 0.242 e. The van der Waals surface area contributed by atoms with Gasteiger partial charge in [0.15, 0.2) is 5.78 Å². The van der Waals surface area contributed by atoms with E-state index in [1.807, 2.05) is 31.3 Å². The Bertz CT molecular complexity index is 1000. The van der Waals surface area contributed by atoms with E-state index in [9.17, 15) is 14.4 Å². The summed E-state index contributed by atoms with van der Waals surface area (Å²) in [5.41, 5.74) is 0.833. The monoisotopic (exact) mass is 424 g/mol. The smallest absolute Gasteiger partial charge is 0.242 e. The number of ether oxygens (including phenoxy) is 1. The molecule has 3 heterocycles. The molecule has 1 saturated heterocycles. The molecule has 2 atom stereocenters. The van der Waals surface area contributed by atoms with Gasteiger partial charge in [-0.25, -0.2) is 0 Å². The van der Waals surface area contributed by atoms with Gasteiger partial charge in [-0.3, -0.25) is 19.1 Å². The number of hydrogen-bond acceptors (Lipinski definition) is 5. The Labute approximate surface area is 181 Å². The molecular weight excluding hydrogens is 396 g/mol. The van der Waals surface area contributed by atoms with Crippen LogP contribution in [0.25, 0.3) is 0 Å². The lowest BCUT2D eigenvalue weighted by Crippen LogP contribution is -2.49. The minimum atomic E-state index is -0.690. The Balaban J connectivity index is 1.37. The molecular formula is C23H28N4O4. The topological polar surface area (TPSA) is 93.5 Å². The number of carbonyl (C=O) groups is 3. The number of benzene rings is 1. The van der Waals surface area contributed by atoms with E-state index >= 15 is 0 Å². The first-order chi connectivity index (χ1) is 14.9. The van der Waals surface area contributed by atoms with Crippen LogP contribution in [-0.4, -0.2) is 57.0 Å². The van der Waals surface area contributed by atoms with E-state index in [1.165, 1.54) is 0 Å². The summed E-state index contributed by atoms with van der Waals surface area (Å²) in [7, 11) is 0. The lowest BCUT2D eigenvalue weighted by molar-refractivity contribution is -0.139. The van der Waals surface area contributed by atoms with Crippen molar-refractivity contribution in [2.45, 2.75) is 57.7 Å². The number of ketones is 1. The van der Waals surface area contributed by atoms with Crippen LogP contribution in [0.2, 0.25) is 0 Å². The quantitative estimate of drug-likeness (QED) is 0.794. The number of nitrogens with zero attached hydrogens (tertiary/aromatic N) is 3. The van der Waals surface area contributed by atoms with E-state index in [0.717, 1.165) is 5.69 Å². The number of Topliss-reactive ketones (excluding diaryl/α,β-unsaturated/α-hetero) is 1. The van der Waals surface area contributed by atoms with Crippen LogP contribution in [0.15, 0.2) is 36.5 Å². The molecule has 31 heavy (non-hydrogen) atoms. The lowest BCUT2D eigenvalue weighted by atomic mass is 9.84. The molecule has 2 unspecified atom stereocenters. The number of carbonyl (C=O) groups excluding carboxylic acids is 3. The largest absolute Gasteiger partial charge is 0.486 e. The fourth-order valence-corrected chi connectivity index (χ4v) is 4.35. The summed E-state index contributed by atoms with van der Waals surface area (Å²) in [6.07, 6.45) is 3.36. The third-order valence-electron chi connectivity index (χ3n) is 6.18. The molecule has 2 aliphatic rings. The average Bonchev–Trinajstić information content (AvgIpc) is 3.10. The van der Waals surface area contributed by atoms with Crippen molar-refractivity contribution in [2.75, 3.05) is 13.1 Å². The fraction of sp³-hybridized carbons (Fsp3) is 0.478. The first kappa shape index (κ1) is 21.1. The summed E-state index contributed by atoms with van der Waals surface area (Å²) in [4.78, 5) is 39.7. The van der Waals surface area contributed by atoms with Gasteiger partial charge < -0.3 is 15.0 Å². The van der Waals surface area contributed by atoms with Crippen LogP contribution in [0.4, 0.5) is 0 Å². The second kappa shape index (κ2) is 8.53. The lowest BCUT2D eigenvalue weighted by Gasteiger charge is -2.37. The highest BCUT2D eigenvalue weighted by atomic mass is 16.5. The number of para-hydroxylation sites is 1. The van der Waals surface area contributed by atoms with Crippen LogP contribution in [0.5, 0.6) is 5.75 Å². The van der Waals surface area contributed by atoms with E-state index in [2.05, 4.69) is 10.4 Å². The van der Waals surface area contributed by atoms with Crippen molar-refractivity contribution in [2.24, 2.45) is 0 Å². The Kier molecular flexibility index (Phi) is 5.80. The fourth-order valence-electron chi connectivity index (χ4n) is 4.35. The molecule has 0 saturated carbocycles. The summed E-state index contributed by atoms with van der Waals surface area (Å²) >= 11 is 0. The molecule has 1 fully saturated rings. The number of aromatic nitrogens is 2. The van der Waals surface area contributed by atoms with Gasteiger partial charge in [-0.05, 0) is 38.5 Å². The van der Waals surface area contributed by atoms with Crippen molar-refractivity contribution in [1.82, 2.24) is 20.0 Å². The molecule has 4 rings (SSSR count). The Morgan fingerprint density at radius 2 is 2.06 bits per heavy atom. The minimum Gasteiger partial charge on any atom is -0.486 e. The SMILES string of the molecule is Cc1ccn(CCNC(=O)C(C)N2CCC3(CCC2=O)CC(=O)c2ccccc2O3)n1. The average molecular weight is 425 g/mol. The molecule has 164 valence electrons. The molecule has 0 radical (unpaired) electrons. The predicted molar refractivity (Wildman–Crippen MR) is 114 cm³/mol. The second-order valence-electron chi connectivity index (χ2n) is 8.41. The molecule has 1 aromatic heterocycles. The molecule has 2 amide bonds. The highest BCUT2D eigenvalue weighted by molar-refractivity contribution is 6.00. The zero-order chi connectivity index (χ0) is 22.0. The van der Waals surface area contributed by atoms with E-state index in [4.69, 9.17) is 4.74 Å². The number of likely N-dealkylation sites (tertiary alicyclic amines) is 1. The number of rotatable bonds is 5. The molecule has 1 aromatic carbocycles. The maximum absolute atomic E-state index is 12.8. The van der Waals surface area contributed by atoms with Crippen LogP contribution < -0.4 is 10.1 Å². The Morgan fingerprint density at radius 3 is 2.84 bits per heavy atom. The Hall–Kier alpha value is -3.16. The van der Waals surface area contributed by atoms with Crippen LogP contribution in [0.1, 0.15) is 48.7 Å². The van der Waals surface area contributed by atoms with Gasteiger partial charge in [-0.1, -0.05) is 12.1 Å². The molecule has 2 aliphatic heterocycles. The Morgan fingerprint density at radius 1 is 1.26 bits per heavy atom. The highest BCUT2D eigenvalue weighted by Gasteiger charge is 2.44. The first-order valence-corrected chi connectivity index (χ1v) is 10.8. The zero-order valence-electron chi connectivity index (χ0n) is 18.0. The van der Waals surface area contributed by atoms with Gasteiger partial charge in [0, 0.05) is 32.1 Å². The summed E-state index contributed by atoms with van der Waals surface area (Å²) in [6.45, 7) is 5.03. The van der Waals surface area contributed by atoms with E-state index in [1.54, 1.807) is 28.6 Å². The maximum atomic E-state index is 12.8. The number of fused-ring (bicyclic) bond motifs is 1. The van der Waals surface area contributed by atoms with Crippen LogP contribution in [0.3, 0.4) is 0 Å². The predicted octanol–water partition coefficient (Wildman–Crippen LogP) is 2.11. The molecule has 1 spiro atoms. The van der Waals surface area contributed by atoms with Crippen LogP contribution in [-0.2, 0) is 16.1 Å². The third-order valence-corrected chi connectivity index (χ3v) is 6.18. The second-order valence-corrected chi connectivity index (χ2v) is 8.41. The van der Waals surface area contributed by atoms with Crippen molar-refractivity contribution < 1.29 is 19.1 Å². The molecule has 8 heteroatoms. The molecule has 0 aliphatic carbocycles. The summed E-state index contributed by atoms with van der Waals surface area (Å²) in [6, 6.07) is 8.56. The normalized spacial score (nSPS) is 21.9. The van der Waals surface area contributed by atoms with E-state index in [0.29, 0.717) is 43.8 Å². The standard InChI is InChI=1S/C23H28N4O4/c1-16-8-12-26(25-16)14-11-24-22(30)17(2)27-13-10-23(9-7-21(27)29)15-19(28)18-5-3-4-6-20(18)31-23/h3-6,8,12,17H,7,9-11,13-15H2,1-2H3,(H,24,30). The molecule has 8 nitrogen and oxygen atoms in total. The van der Waals surface area contributed by atoms with Gasteiger partial charge in [0.1, 0.15) is 17.4 Å². The van der Waals surface area contributed by atoms with Crippen molar-refractivity contribution >= 4 is 17.6 Å². The summed E-state index contributed by atoms with van der Waals surface area (Å²) in [5, 5.41) is 7.19. The number of nitrogens with one attached hydrogen (secondary N) is 1. The first-order valence-electron chi connectivity index (χ1n) is 10.8. The molecule has 2 aromatic rings. The summed E-state index contributed by atoms with van der Waals surface area (Å²) in [5.74, 6) is 0.345. The van der Waals surface area contributed by atoms with Gasteiger partial charge in [-0.15, -0.1) is 0 Å². The van der Waals surface area contributed by atoms with Crippen LogP contribution in [0, 0.1) is 6.92 Å². The summed E-state index contributed by atoms with van der Waals surface area (Å²) < 4.78 is 8.03. The van der Waals surface area contributed by atoms with Crippen molar-refractivity contribution in [1.29, 1.82) is 0 Å². The van der Waals surface area contributed by atoms with Crippen molar-refractivity contribution in [3.8, 4) is 5.75 Å². The van der Waals surface area contributed by atoms with Crippen molar-refractivity contribution in [3.05, 3.63) is 47.8 Å². The molecule has 1 N–H and O–H groups in total. The van der Waals surface area contributed by atoms with Gasteiger partial charge in [0.2, 0.25) is 11.8 Å². The third kappa shape index (κ3) is 4.47.